The van der Waals surface area contributed by atoms with Gasteiger partial charge < -0.3 is 14.6 Å². The molecule has 8 heteroatoms. The number of amides is 1. The number of nitrogens with zero attached hydrogens (tertiary/aromatic N) is 2. The van der Waals surface area contributed by atoms with Gasteiger partial charge in [-0.3, -0.25) is 9.69 Å². The van der Waals surface area contributed by atoms with E-state index < -0.39 is 12.6 Å². The van der Waals surface area contributed by atoms with Crippen molar-refractivity contribution in [1.82, 2.24) is 4.90 Å². The smallest absolute Gasteiger partial charge is 0.341 e. The van der Waals surface area contributed by atoms with E-state index in [1.807, 2.05) is 60.7 Å². The zero-order chi connectivity index (χ0) is 23.9. The molecule has 0 bridgehead atoms. The number of hydrogen-bond donors (Lipinski definition) is 1. The van der Waals surface area contributed by atoms with Crippen LogP contribution in [0.4, 0.5) is 5.69 Å². The average molecular weight is 475 g/mol. The predicted octanol–water partition coefficient (Wildman–Crippen LogP) is 4.96. The Hall–Kier alpha value is -4.04. The third-order valence-corrected chi connectivity index (χ3v) is 5.90. The Labute approximate surface area is 201 Å². The van der Waals surface area contributed by atoms with E-state index in [4.69, 9.17) is 19.6 Å². The molecule has 1 fully saturated rings. The molecule has 7 nitrogen and oxygen atoms in total. The molecule has 1 amide bonds. The zero-order valence-electron chi connectivity index (χ0n) is 18.4. The van der Waals surface area contributed by atoms with Gasteiger partial charge in [0.05, 0.1) is 24.2 Å². The number of methoxy groups -OCH3 is 1. The molecular weight excluding hydrogens is 452 g/mol. The summed E-state index contributed by atoms with van der Waals surface area (Å²) in [6, 6.07) is 24.3. The Morgan fingerprint density at radius 3 is 2.41 bits per heavy atom. The Kier molecular flexibility index (Phi) is 7.29. The lowest BCUT2D eigenvalue weighted by atomic mass is 10.1. The van der Waals surface area contributed by atoms with Crippen molar-refractivity contribution in [3.8, 4) is 11.5 Å². The number of aliphatic carboxylic acids is 1. The number of para-hydroxylation sites is 1. The first-order valence-electron chi connectivity index (χ1n) is 10.4. The van der Waals surface area contributed by atoms with Gasteiger partial charge in [0, 0.05) is 0 Å². The molecule has 3 aromatic rings. The van der Waals surface area contributed by atoms with Gasteiger partial charge in [0.1, 0.15) is 0 Å². The number of hydrogen-bond acceptors (Lipinski definition) is 6. The van der Waals surface area contributed by atoms with Crippen LogP contribution >= 0.6 is 11.8 Å². The first kappa shape index (κ1) is 23.1. The topological polar surface area (TPSA) is 88.4 Å². The van der Waals surface area contributed by atoms with E-state index in [9.17, 15) is 9.59 Å². The van der Waals surface area contributed by atoms with Crippen LogP contribution in [0.25, 0.3) is 6.08 Å². The normalized spacial score (nSPS) is 15.7. The summed E-state index contributed by atoms with van der Waals surface area (Å²) >= 11 is 1.31. The summed E-state index contributed by atoms with van der Waals surface area (Å²) in [4.78, 5) is 31.0. The minimum atomic E-state index is -1.08. The van der Waals surface area contributed by atoms with Crippen molar-refractivity contribution in [3.63, 3.8) is 0 Å². The van der Waals surface area contributed by atoms with E-state index in [1.165, 1.54) is 18.9 Å². The van der Waals surface area contributed by atoms with Crippen LogP contribution in [-0.2, 0) is 16.1 Å². The Morgan fingerprint density at radius 1 is 1.03 bits per heavy atom. The predicted molar refractivity (Wildman–Crippen MR) is 132 cm³/mol. The summed E-state index contributed by atoms with van der Waals surface area (Å²) in [5.41, 5.74) is 2.48. The summed E-state index contributed by atoms with van der Waals surface area (Å²) in [7, 11) is 1.47. The fourth-order valence-corrected chi connectivity index (χ4v) is 4.29. The van der Waals surface area contributed by atoms with Gasteiger partial charge in [0.15, 0.2) is 23.3 Å². The maximum absolute atomic E-state index is 13.3. The van der Waals surface area contributed by atoms with Gasteiger partial charge in [-0.1, -0.05) is 54.6 Å². The summed E-state index contributed by atoms with van der Waals surface area (Å²) < 4.78 is 10.6. The second kappa shape index (κ2) is 10.7. The Morgan fingerprint density at radius 2 is 1.74 bits per heavy atom. The van der Waals surface area contributed by atoms with Gasteiger partial charge in [0.25, 0.3) is 5.91 Å². The van der Waals surface area contributed by atoms with Crippen molar-refractivity contribution in [2.75, 3.05) is 13.7 Å². The Bertz CT molecular complexity index is 1240. The van der Waals surface area contributed by atoms with Crippen LogP contribution in [0.15, 0.2) is 88.8 Å². The van der Waals surface area contributed by atoms with E-state index in [-0.39, 0.29) is 5.91 Å². The molecule has 0 saturated carbocycles. The number of thioether (sulfide) groups is 1. The Balaban J connectivity index is 1.64. The van der Waals surface area contributed by atoms with Gasteiger partial charge in [0.2, 0.25) is 0 Å². The van der Waals surface area contributed by atoms with Crippen LogP contribution in [0.1, 0.15) is 11.1 Å². The van der Waals surface area contributed by atoms with Crippen molar-refractivity contribution in [3.05, 3.63) is 94.9 Å². The largest absolute Gasteiger partial charge is 0.493 e. The van der Waals surface area contributed by atoms with E-state index >= 15 is 0 Å². The lowest BCUT2D eigenvalue weighted by molar-refractivity contribution is -0.139. The number of benzene rings is 3. The first-order valence-corrected chi connectivity index (χ1v) is 11.3. The highest BCUT2D eigenvalue weighted by atomic mass is 32.2. The van der Waals surface area contributed by atoms with Crippen molar-refractivity contribution >= 4 is 40.6 Å². The summed E-state index contributed by atoms with van der Waals surface area (Å²) in [6.45, 7) is -0.0696. The number of carboxylic acids is 1. The number of rotatable bonds is 8. The summed E-state index contributed by atoms with van der Waals surface area (Å²) in [5.74, 6) is -0.529. The molecule has 1 saturated heterocycles. The molecule has 1 aliphatic rings. The van der Waals surface area contributed by atoms with E-state index in [2.05, 4.69) is 0 Å². The lowest BCUT2D eigenvalue weighted by Gasteiger charge is -2.15. The fourth-order valence-electron chi connectivity index (χ4n) is 3.29. The molecule has 3 aromatic carbocycles. The van der Waals surface area contributed by atoms with Crippen LogP contribution < -0.4 is 9.47 Å². The van der Waals surface area contributed by atoms with Crippen molar-refractivity contribution in [1.29, 1.82) is 0 Å². The molecule has 0 radical (unpaired) electrons. The number of ether oxygens (including phenoxy) is 2. The molecule has 172 valence electrons. The third kappa shape index (κ3) is 5.65. The molecule has 0 spiro atoms. The van der Waals surface area contributed by atoms with E-state index in [0.29, 0.717) is 28.1 Å². The van der Waals surface area contributed by atoms with Crippen LogP contribution in [0, 0.1) is 0 Å². The molecular formula is C26H22N2O5S. The zero-order valence-corrected chi connectivity index (χ0v) is 19.2. The van der Waals surface area contributed by atoms with Crippen molar-refractivity contribution in [2.45, 2.75) is 6.54 Å². The highest BCUT2D eigenvalue weighted by Gasteiger charge is 2.33. The van der Waals surface area contributed by atoms with Gasteiger partial charge in [-0.05, 0) is 53.2 Å². The SMILES string of the molecule is COc1cc(/C=C2\SC(=Nc3ccccc3)N(Cc3ccccc3)C2=O)ccc1OCC(=O)O. The number of carboxylic acid groups (broad SMARTS) is 1. The molecule has 0 aromatic heterocycles. The number of amidine groups is 1. The molecule has 1 N–H and O–H groups in total. The molecule has 1 aliphatic heterocycles. The van der Waals surface area contributed by atoms with Gasteiger partial charge in [-0.25, -0.2) is 9.79 Å². The molecule has 0 unspecified atom stereocenters. The number of carbonyl (C=O) groups is 2. The number of carbonyl (C=O) groups excluding carboxylic acids is 1. The minimum Gasteiger partial charge on any atom is -0.493 e. The van der Waals surface area contributed by atoms with Crippen molar-refractivity contribution in [2.24, 2.45) is 4.99 Å². The molecule has 1 heterocycles. The maximum atomic E-state index is 13.3. The van der Waals surface area contributed by atoms with Crippen LogP contribution in [0.5, 0.6) is 11.5 Å². The second-order valence-corrected chi connectivity index (χ2v) is 8.32. The fraction of sp³-hybridized carbons (Fsp3) is 0.115. The van der Waals surface area contributed by atoms with E-state index in [0.717, 1.165) is 16.8 Å². The lowest BCUT2D eigenvalue weighted by Crippen LogP contribution is -2.28. The van der Waals surface area contributed by atoms with Crippen LogP contribution in [0.3, 0.4) is 0 Å². The monoisotopic (exact) mass is 474 g/mol. The highest BCUT2D eigenvalue weighted by Crippen LogP contribution is 2.36. The second-order valence-electron chi connectivity index (χ2n) is 7.31. The standard InChI is InChI=1S/C26H22N2O5S/c1-32-22-14-19(12-13-21(22)33-17-24(29)30)15-23-25(31)28(16-18-8-4-2-5-9-18)26(34-23)27-20-10-6-3-7-11-20/h2-15H,16-17H2,1H3,(H,29,30)/b23-15-,27-26?. The average Bonchev–Trinajstić information content (AvgIpc) is 3.13. The molecule has 4 rings (SSSR count). The minimum absolute atomic E-state index is 0.145. The molecule has 0 aliphatic carbocycles. The van der Waals surface area contributed by atoms with Crippen LogP contribution in [0.2, 0.25) is 0 Å². The summed E-state index contributed by atoms with van der Waals surface area (Å²) in [6.07, 6.45) is 1.77. The van der Waals surface area contributed by atoms with Gasteiger partial charge in [-0.2, -0.15) is 0 Å². The highest BCUT2D eigenvalue weighted by molar-refractivity contribution is 8.18. The maximum Gasteiger partial charge on any atom is 0.341 e. The molecule has 0 atom stereocenters. The van der Waals surface area contributed by atoms with Gasteiger partial charge >= 0.3 is 5.97 Å². The number of aliphatic imine (C=N–C) groups is 1. The van der Waals surface area contributed by atoms with Crippen LogP contribution in [-0.4, -0.2) is 40.8 Å². The summed E-state index contributed by atoms with van der Waals surface area (Å²) in [5, 5.41) is 9.44. The first-order chi connectivity index (χ1) is 16.5. The molecule has 34 heavy (non-hydrogen) atoms. The van der Waals surface area contributed by atoms with Crippen molar-refractivity contribution < 1.29 is 24.2 Å². The third-order valence-electron chi connectivity index (χ3n) is 4.89. The van der Waals surface area contributed by atoms with E-state index in [1.54, 1.807) is 29.2 Å². The van der Waals surface area contributed by atoms with Gasteiger partial charge in [-0.15, -0.1) is 0 Å². The quantitative estimate of drug-likeness (QED) is 0.464.